The van der Waals surface area contributed by atoms with Crippen LogP contribution in [0.3, 0.4) is 0 Å². The van der Waals surface area contributed by atoms with Crippen molar-refractivity contribution in [2.45, 2.75) is 25.8 Å². The summed E-state index contributed by atoms with van der Waals surface area (Å²) < 4.78 is 10.8. The zero-order chi connectivity index (χ0) is 16.8. The molecule has 0 aromatic heterocycles. The van der Waals surface area contributed by atoms with Gasteiger partial charge in [0.25, 0.3) is 0 Å². The number of nitrogens with zero attached hydrogens (tertiary/aromatic N) is 1. The van der Waals surface area contributed by atoms with Crippen molar-refractivity contribution in [1.82, 2.24) is 4.90 Å². The molecule has 3 heteroatoms. The van der Waals surface area contributed by atoms with Crippen molar-refractivity contribution in [1.29, 1.82) is 0 Å². The van der Waals surface area contributed by atoms with Crippen LogP contribution in [-0.2, 0) is 13.0 Å². The molecule has 1 aliphatic heterocycles. The lowest BCUT2D eigenvalue weighted by molar-refractivity contribution is 0.167. The van der Waals surface area contributed by atoms with E-state index in [1.54, 1.807) is 14.2 Å². The van der Waals surface area contributed by atoms with Crippen LogP contribution in [0, 0.1) is 5.92 Å². The second-order valence-corrected chi connectivity index (χ2v) is 6.65. The maximum atomic E-state index is 5.40. The maximum absolute atomic E-state index is 5.40. The molecule has 3 rings (SSSR count). The number of ether oxygens (including phenoxy) is 2. The Morgan fingerprint density at radius 2 is 1.67 bits per heavy atom. The fourth-order valence-electron chi connectivity index (χ4n) is 3.62. The van der Waals surface area contributed by atoms with Crippen LogP contribution in [0.5, 0.6) is 11.5 Å². The molecule has 1 atom stereocenters. The first kappa shape index (κ1) is 16.8. The van der Waals surface area contributed by atoms with Gasteiger partial charge in [0.15, 0.2) is 0 Å². The van der Waals surface area contributed by atoms with Crippen LogP contribution in [0.15, 0.2) is 48.5 Å². The molecule has 24 heavy (non-hydrogen) atoms. The van der Waals surface area contributed by atoms with Crippen LogP contribution in [-0.4, -0.2) is 32.2 Å². The normalized spacial score (nSPS) is 18.3. The van der Waals surface area contributed by atoms with Gasteiger partial charge in [-0.05, 0) is 55.0 Å². The monoisotopic (exact) mass is 325 g/mol. The summed E-state index contributed by atoms with van der Waals surface area (Å²) in [5.74, 6) is 2.45. The van der Waals surface area contributed by atoms with Crippen LogP contribution in [0.1, 0.15) is 24.0 Å². The van der Waals surface area contributed by atoms with Crippen LogP contribution >= 0.6 is 0 Å². The molecular weight excluding hydrogens is 298 g/mol. The van der Waals surface area contributed by atoms with E-state index in [-0.39, 0.29) is 0 Å². The van der Waals surface area contributed by atoms with Crippen LogP contribution < -0.4 is 9.47 Å². The number of methoxy groups -OCH3 is 2. The average Bonchev–Trinajstić information content (AvgIpc) is 2.62. The summed E-state index contributed by atoms with van der Waals surface area (Å²) in [7, 11) is 3.42. The molecule has 0 N–H and O–H groups in total. The van der Waals surface area contributed by atoms with E-state index in [1.165, 1.54) is 30.5 Å². The third kappa shape index (κ3) is 4.51. The molecule has 0 saturated carbocycles. The quantitative estimate of drug-likeness (QED) is 0.796. The first-order valence-corrected chi connectivity index (χ1v) is 8.75. The van der Waals surface area contributed by atoms with Gasteiger partial charge in [0, 0.05) is 19.2 Å². The number of hydrogen-bond acceptors (Lipinski definition) is 3. The van der Waals surface area contributed by atoms with E-state index in [0.717, 1.165) is 31.0 Å². The Bertz CT molecular complexity index is 619. The molecule has 2 aromatic carbocycles. The van der Waals surface area contributed by atoms with Gasteiger partial charge in [0.1, 0.15) is 11.5 Å². The molecule has 1 heterocycles. The lowest BCUT2D eigenvalue weighted by Crippen LogP contribution is -2.35. The fourth-order valence-corrected chi connectivity index (χ4v) is 3.62. The molecular formula is C21H27NO2. The third-order valence-electron chi connectivity index (χ3n) is 4.79. The number of benzene rings is 2. The summed E-state index contributed by atoms with van der Waals surface area (Å²) in [4.78, 5) is 2.58. The Kier molecular flexibility index (Phi) is 5.76. The second kappa shape index (κ2) is 8.20. The molecule has 0 bridgehead atoms. The van der Waals surface area contributed by atoms with Gasteiger partial charge in [0.2, 0.25) is 0 Å². The fraction of sp³-hybridized carbons (Fsp3) is 0.429. The zero-order valence-electron chi connectivity index (χ0n) is 14.7. The standard InChI is InChI=1S/C21H27NO2/c1-23-20-12-19(13-21(14-20)24-2)11-18-9-6-10-22(16-18)15-17-7-4-3-5-8-17/h3-5,7-8,12-14,18H,6,9-11,15-16H2,1-2H3. The number of hydrogen-bond donors (Lipinski definition) is 0. The van der Waals surface area contributed by atoms with E-state index >= 15 is 0 Å². The van der Waals surface area contributed by atoms with Crippen LogP contribution in [0.25, 0.3) is 0 Å². The molecule has 1 aliphatic rings. The Morgan fingerprint density at radius 1 is 0.958 bits per heavy atom. The van der Waals surface area contributed by atoms with Gasteiger partial charge < -0.3 is 9.47 Å². The lowest BCUT2D eigenvalue weighted by Gasteiger charge is -2.33. The van der Waals surface area contributed by atoms with E-state index in [0.29, 0.717) is 5.92 Å². The molecule has 0 radical (unpaired) electrons. The number of likely N-dealkylation sites (tertiary alicyclic amines) is 1. The first-order valence-electron chi connectivity index (χ1n) is 8.75. The molecule has 128 valence electrons. The van der Waals surface area contributed by atoms with Gasteiger partial charge in [-0.1, -0.05) is 30.3 Å². The molecule has 3 nitrogen and oxygen atoms in total. The highest BCUT2D eigenvalue weighted by Gasteiger charge is 2.20. The Hall–Kier alpha value is -2.00. The Morgan fingerprint density at radius 3 is 2.33 bits per heavy atom. The molecule has 1 saturated heterocycles. The minimum absolute atomic E-state index is 0.694. The number of piperidine rings is 1. The summed E-state index contributed by atoms with van der Waals surface area (Å²) >= 11 is 0. The SMILES string of the molecule is COc1cc(CC2CCCN(Cc3ccccc3)C2)cc(OC)c1. The summed E-state index contributed by atoms with van der Waals surface area (Å²) in [6.45, 7) is 3.42. The molecule has 2 aromatic rings. The predicted octanol–water partition coefficient (Wildman–Crippen LogP) is 4.16. The van der Waals surface area contributed by atoms with E-state index < -0.39 is 0 Å². The van der Waals surface area contributed by atoms with Crippen molar-refractivity contribution in [3.05, 3.63) is 59.7 Å². The van der Waals surface area contributed by atoms with Crippen molar-refractivity contribution in [3.8, 4) is 11.5 Å². The van der Waals surface area contributed by atoms with Crippen molar-refractivity contribution in [2.24, 2.45) is 5.92 Å². The highest BCUT2D eigenvalue weighted by atomic mass is 16.5. The molecule has 1 unspecified atom stereocenters. The highest BCUT2D eigenvalue weighted by molar-refractivity contribution is 5.38. The maximum Gasteiger partial charge on any atom is 0.122 e. The van der Waals surface area contributed by atoms with Gasteiger partial charge in [-0.2, -0.15) is 0 Å². The van der Waals surface area contributed by atoms with Crippen molar-refractivity contribution in [2.75, 3.05) is 27.3 Å². The highest BCUT2D eigenvalue weighted by Crippen LogP contribution is 2.27. The Labute approximate surface area is 145 Å². The molecule has 0 spiro atoms. The second-order valence-electron chi connectivity index (χ2n) is 6.65. The first-order chi connectivity index (χ1) is 11.8. The van der Waals surface area contributed by atoms with Crippen LogP contribution in [0.2, 0.25) is 0 Å². The minimum Gasteiger partial charge on any atom is -0.497 e. The van der Waals surface area contributed by atoms with Crippen molar-refractivity contribution >= 4 is 0 Å². The van der Waals surface area contributed by atoms with E-state index in [9.17, 15) is 0 Å². The van der Waals surface area contributed by atoms with E-state index in [1.807, 2.05) is 6.07 Å². The molecule has 0 aliphatic carbocycles. The van der Waals surface area contributed by atoms with Crippen LogP contribution in [0.4, 0.5) is 0 Å². The largest absolute Gasteiger partial charge is 0.497 e. The van der Waals surface area contributed by atoms with Crippen molar-refractivity contribution in [3.63, 3.8) is 0 Å². The van der Waals surface area contributed by atoms with E-state index in [4.69, 9.17) is 9.47 Å². The van der Waals surface area contributed by atoms with E-state index in [2.05, 4.69) is 47.4 Å². The van der Waals surface area contributed by atoms with Gasteiger partial charge >= 0.3 is 0 Å². The third-order valence-corrected chi connectivity index (χ3v) is 4.79. The lowest BCUT2D eigenvalue weighted by atomic mass is 9.91. The van der Waals surface area contributed by atoms with Gasteiger partial charge in [0.05, 0.1) is 14.2 Å². The topological polar surface area (TPSA) is 21.7 Å². The molecule has 0 amide bonds. The summed E-state index contributed by atoms with van der Waals surface area (Å²) in [5.41, 5.74) is 2.71. The predicted molar refractivity (Wildman–Crippen MR) is 97.7 cm³/mol. The summed E-state index contributed by atoms with van der Waals surface area (Å²) in [6.07, 6.45) is 3.66. The zero-order valence-corrected chi connectivity index (χ0v) is 14.7. The summed E-state index contributed by atoms with van der Waals surface area (Å²) in [5, 5.41) is 0. The van der Waals surface area contributed by atoms with Gasteiger partial charge in [-0.25, -0.2) is 0 Å². The smallest absolute Gasteiger partial charge is 0.122 e. The summed E-state index contributed by atoms with van der Waals surface area (Å²) in [6, 6.07) is 17.0. The number of rotatable bonds is 6. The minimum atomic E-state index is 0.694. The average molecular weight is 325 g/mol. The Balaban J connectivity index is 1.63. The van der Waals surface area contributed by atoms with Crippen molar-refractivity contribution < 1.29 is 9.47 Å². The molecule has 1 fully saturated rings. The van der Waals surface area contributed by atoms with Gasteiger partial charge in [-0.3, -0.25) is 4.90 Å². The van der Waals surface area contributed by atoms with Gasteiger partial charge in [-0.15, -0.1) is 0 Å².